The largest absolute Gasteiger partial charge is 0.481 e. The van der Waals surface area contributed by atoms with Crippen LogP contribution < -0.4 is 0 Å². The van der Waals surface area contributed by atoms with E-state index in [-0.39, 0.29) is 0 Å². The van der Waals surface area contributed by atoms with Gasteiger partial charge in [0.1, 0.15) is 0 Å². The van der Waals surface area contributed by atoms with Crippen molar-refractivity contribution in [3.05, 3.63) is 0 Å². The Labute approximate surface area is 163 Å². The summed E-state index contributed by atoms with van der Waals surface area (Å²) in [6.45, 7) is 4.05. The molecule has 0 spiro atoms. The Kier molecular flexibility index (Phi) is 11.0. The SMILES string of the molecule is CCCCCCOCCC1C2CCC(O2)C1CCSCCCCC(=O)O. The van der Waals surface area contributed by atoms with Gasteiger partial charge >= 0.3 is 5.97 Å². The first-order chi connectivity index (χ1) is 12.7. The highest BCUT2D eigenvalue weighted by Crippen LogP contribution is 2.46. The minimum absolute atomic E-state index is 0.307. The Morgan fingerprint density at radius 1 is 1.00 bits per heavy atom. The van der Waals surface area contributed by atoms with Gasteiger partial charge in [-0.05, 0) is 68.3 Å². The predicted octanol–water partition coefficient (Wildman–Crippen LogP) is 5.15. The van der Waals surface area contributed by atoms with Crippen LogP contribution in [0, 0.1) is 11.8 Å². The van der Waals surface area contributed by atoms with E-state index in [0.29, 0.717) is 30.5 Å². The van der Waals surface area contributed by atoms with Crippen LogP contribution in [-0.2, 0) is 14.3 Å². The van der Waals surface area contributed by atoms with Crippen LogP contribution in [-0.4, -0.2) is 48.0 Å². The number of unbranched alkanes of at least 4 members (excludes halogenated alkanes) is 4. The van der Waals surface area contributed by atoms with Crippen molar-refractivity contribution < 1.29 is 19.4 Å². The summed E-state index contributed by atoms with van der Waals surface area (Å²) < 4.78 is 12.1. The van der Waals surface area contributed by atoms with Crippen LogP contribution in [0.1, 0.15) is 77.6 Å². The summed E-state index contributed by atoms with van der Waals surface area (Å²) in [5, 5.41) is 8.66. The highest BCUT2D eigenvalue weighted by molar-refractivity contribution is 7.99. The molecule has 0 aromatic rings. The first-order valence-electron chi connectivity index (χ1n) is 10.7. The minimum atomic E-state index is -0.676. The number of carboxylic acids is 1. The summed E-state index contributed by atoms with van der Waals surface area (Å²) in [7, 11) is 0. The van der Waals surface area contributed by atoms with Gasteiger partial charge in [-0.1, -0.05) is 26.2 Å². The maximum Gasteiger partial charge on any atom is 0.303 e. The van der Waals surface area contributed by atoms with E-state index in [1.54, 1.807) is 0 Å². The summed E-state index contributed by atoms with van der Waals surface area (Å²) in [5.41, 5.74) is 0. The van der Waals surface area contributed by atoms with Crippen molar-refractivity contribution in [3.8, 4) is 0 Å². The predicted molar refractivity (Wildman–Crippen MR) is 108 cm³/mol. The Morgan fingerprint density at radius 2 is 1.77 bits per heavy atom. The Hall–Kier alpha value is -0.260. The molecule has 1 N–H and O–H groups in total. The maximum atomic E-state index is 10.5. The Balaban J connectivity index is 1.55. The molecular weight excluding hydrogens is 348 g/mol. The number of hydrogen-bond donors (Lipinski definition) is 1. The lowest BCUT2D eigenvalue weighted by Crippen LogP contribution is -2.28. The molecule has 0 aromatic carbocycles. The highest BCUT2D eigenvalue weighted by atomic mass is 32.2. The average Bonchev–Trinajstić information content (AvgIpc) is 3.22. The molecule has 4 atom stereocenters. The summed E-state index contributed by atoms with van der Waals surface area (Å²) in [6, 6.07) is 0. The van der Waals surface area contributed by atoms with Crippen molar-refractivity contribution in [2.45, 2.75) is 89.8 Å². The van der Waals surface area contributed by atoms with E-state index in [9.17, 15) is 4.79 Å². The van der Waals surface area contributed by atoms with Crippen LogP contribution in [0.3, 0.4) is 0 Å². The second-order valence-electron chi connectivity index (χ2n) is 7.83. The van der Waals surface area contributed by atoms with Gasteiger partial charge in [0.2, 0.25) is 0 Å². The summed E-state index contributed by atoms with van der Waals surface area (Å²) in [5.74, 6) is 2.99. The van der Waals surface area contributed by atoms with E-state index < -0.39 is 5.97 Å². The molecule has 5 heteroatoms. The monoisotopic (exact) mass is 386 g/mol. The number of hydrogen-bond acceptors (Lipinski definition) is 4. The highest BCUT2D eigenvalue weighted by Gasteiger charge is 2.47. The number of carboxylic acid groups (broad SMARTS) is 1. The first kappa shape index (κ1) is 22.0. The van der Waals surface area contributed by atoms with Gasteiger partial charge in [-0.3, -0.25) is 4.79 Å². The van der Waals surface area contributed by atoms with Crippen molar-refractivity contribution in [1.82, 2.24) is 0 Å². The third-order valence-corrected chi connectivity index (χ3v) is 6.95. The Morgan fingerprint density at radius 3 is 2.50 bits per heavy atom. The lowest BCUT2D eigenvalue weighted by Gasteiger charge is -2.28. The molecule has 0 aromatic heterocycles. The van der Waals surface area contributed by atoms with E-state index in [1.807, 2.05) is 11.8 Å². The molecule has 152 valence electrons. The van der Waals surface area contributed by atoms with E-state index in [2.05, 4.69) is 6.92 Å². The molecule has 26 heavy (non-hydrogen) atoms. The number of thioether (sulfide) groups is 1. The van der Waals surface area contributed by atoms with E-state index in [1.165, 1.54) is 50.7 Å². The fourth-order valence-electron chi connectivity index (χ4n) is 4.42. The molecule has 0 aliphatic carbocycles. The van der Waals surface area contributed by atoms with E-state index in [0.717, 1.165) is 38.2 Å². The van der Waals surface area contributed by atoms with Crippen LogP contribution in [0.4, 0.5) is 0 Å². The molecule has 0 amide bonds. The zero-order chi connectivity index (χ0) is 18.6. The van der Waals surface area contributed by atoms with Crippen molar-refractivity contribution in [2.75, 3.05) is 24.7 Å². The molecular formula is C21H38O4S. The topological polar surface area (TPSA) is 55.8 Å². The molecule has 0 saturated carbocycles. The number of rotatable bonds is 16. The molecule has 0 radical (unpaired) electrons. The summed E-state index contributed by atoms with van der Waals surface area (Å²) in [4.78, 5) is 10.5. The summed E-state index contributed by atoms with van der Waals surface area (Å²) in [6.07, 6.45) is 13.1. The molecule has 2 saturated heterocycles. The van der Waals surface area contributed by atoms with E-state index in [4.69, 9.17) is 14.6 Å². The normalized spacial score (nSPS) is 27.3. The van der Waals surface area contributed by atoms with Crippen LogP contribution in [0.15, 0.2) is 0 Å². The van der Waals surface area contributed by atoms with Gasteiger partial charge in [0, 0.05) is 19.6 Å². The molecule has 2 fully saturated rings. The molecule has 2 heterocycles. The molecule has 2 bridgehead atoms. The zero-order valence-electron chi connectivity index (χ0n) is 16.5. The fraction of sp³-hybridized carbons (Fsp3) is 0.952. The van der Waals surface area contributed by atoms with Crippen LogP contribution in [0.2, 0.25) is 0 Å². The van der Waals surface area contributed by atoms with Crippen molar-refractivity contribution in [3.63, 3.8) is 0 Å². The first-order valence-corrected chi connectivity index (χ1v) is 11.9. The lowest BCUT2D eigenvalue weighted by atomic mass is 9.76. The molecule has 2 aliphatic rings. The smallest absolute Gasteiger partial charge is 0.303 e. The standard InChI is InChI=1S/C21H38O4S/c1-2-3-4-6-13-24-14-11-17-18(20-10-9-19(17)25-20)12-16-26-15-7-5-8-21(22)23/h17-20H,2-16H2,1H3,(H,22,23). The molecule has 4 nitrogen and oxygen atoms in total. The van der Waals surface area contributed by atoms with Crippen LogP contribution in [0.5, 0.6) is 0 Å². The lowest BCUT2D eigenvalue weighted by molar-refractivity contribution is -0.137. The molecule has 2 rings (SSSR count). The number of fused-ring (bicyclic) bond motifs is 2. The average molecular weight is 387 g/mol. The maximum absolute atomic E-state index is 10.5. The van der Waals surface area contributed by atoms with Gasteiger partial charge in [-0.15, -0.1) is 0 Å². The second-order valence-corrected chi connectivity index (χ2v) is 9.06. The Bertz CT molecular complexity index is 390. The van der Waals surface area contributed by atoms with Gasteiger partial charge < -0.3 is 14.6 Å². The zero-order valence-corrected chi connectivity index (χ0v) is 17.3. The van der Waals surface area contributed by atoms with Crippen LogP contribution in [0.25, 0.3) is 0 Å². The van der Waals surface area contributed by atoms with E-state index >= 15 is 0 Å². The van der Waals surface area contributed by atoms with Crippen molar-refractivity contribution in [1.29, 1.82) is 0 Å². The third kappa shape index (κ3) is 7.77. The van der Waals surface area contributed by atoms with Crippen molar-refractivity contribution >= 4 is 17.7 Å². The number of aliphatic carboxylic acids is 1. The number of ether oxygens (including phenoxy) is 2. The third-order valence-electron chi connectivity index (χ3n) is 5.85. The van der Waals surface area contributed by atoms with Gasteiger partial charge in [-0.25, -0.2) is 0 Å². The van der Waals surface area contributed by atoms with Crippen molar-refractivity contribution in [2.24, 2.45) is 11.8 Å². The fourth-order valence-corrected chi connectivity index (χ4v) is 5.48. The van der Waals surface area contributed by atoms with Crippen LogP contribution >= 0.6 is 11.8 Å². The van der Waals surface area contributed by atoms with Gasteiger partial charge in [0.15, 0.2) is 0 Å². The van der Waals surface area contributed by atoms with Gasteiger partial charge in [-0.2, -0.15) is 11.8 Å². The minimum Gasteiger partial charge on any atom is -0.481 e. The second kappa shape index (κ2) is 13.0. The summed E-state index contributed by atoms with van der Waals surface area (Å²) >= 11 is 1.98. The molecule has 2 aliphatic heterocycles. The quantitative estimate of drug-likeness (QED) is 0.372. The van der Waals surface area contributed by atoms with Gasteiger partial charge in [0.05, 0.1) is 12.2 Å². The number of carbonyl (C=O) groups is 1. The van der Waals surface area contributed by atoms with Gasteiger partial charge in [0.25, 0.3) is 0 Å². The molecule has 4 unspecified atom stereocenters.